The second kappa shape index (κ2) is 12.9. The highest BCUT2D eigenvalue weighted by Crippen LogP contribution is 2.60. The maximum absolute atomic E-state index is 14.7. The molecule has 0 unspecified atom stereocenters. The number of nitro benzene ring substituents is 1. The number of nitrogens with zero attached hydrogens (tertiary/aromatic N) is 5. The first-order chi connectivity index (χ1) is 22.4. The number of aliphatic hydroxyl groups excluding tert-OH is 1. The second-order valence-corrected chi connectivity index (χ2v) is 17.3. The zero-order chi connectivity index (χ0) is 33.5. The number of hydrogen-bond acceptors (Lipinski definition) is 10. The van der Waals surface area contributed by atoms with Gasteiger partial charge in [-0.15, -0.1) is 5.10 Å². The number of carbonyl (C=O) groups excluding carboxylic acids is 2. The fraction of sp³-hybridized carbons (Fsp3) is 0.500. The quantitative estimate of drug-likeness (QED) is 0.135. The van der Waals surface area contributed by atoms with E-state index in [-0.39, 0.29) is 42.2 Å². The van der Waals surface area contributed by atoms with Gasteiger partial charge in [-0.3, -0.25) is 24.4 Å². The molecule has 15 heteroatoms. The highest BCUT2D eigenvalue weighted by atomic mass is 28.4. The third-order valence-corrected chi connectivity index (χ3v) is 12.2. The number of anilines is 2. The number of ether oxygens (including phenoxy) is 1. The van der Waals surface area contributed by atoms with Crippen LogP contribution < -0.4 is 15.5 Å². The first kappa shape index (κ1) is 32.9. The van der Waals surface area contributed by atoms with Gasteiger partial charge in [0.25, 0.3) is 11.6 Å². The number of aryl methyl sites for hydroxylation is 1. The van der Waals surface area contributed by atoms with E-state index in [1.807, 2.05) is 38.2 Å². The monoisotopic (exact) mass is 663 g/mol. The van der Waals surface area contributed by atoms with Crippen molar-refractivity contribution in [3.05, 3.63) is 75.6 Å². The Bertz CT molecular complexity index is 1670. The van der Waals surface area contributed by atoms with Gasteiger partial charge in [-0.25, -0.2) is 0 Å². The van der Waals surface area contributed by atoms with Gasteiger partial charge in [-0.2, -0.15) is 0 Å². The maximum Gasteiger partial charge on any atom is 0.269 e. The first-order valence-electron chi connectivity index (χ1n) is 16.1. The minimum absolute atomic E-state index is 0.0438. The highest BCUT2D eigenvalue weighted by Gasteiger charge is 2.66. The van der Waals surface area contributed by atoms with Crippen molar-refractivity contribution in [2.45, 2.75) is 82.1 Å². The molecule has 2 amide bonds. The lowest BCUT2D eigenvalue weighted by Crippen LogP contribution is -2.46. The third-order valence-electron chi connectivity index (χ3n) is 9.69. The number of carbonyl (C=O) groups is 2. The van der Waals surface area contributed by atoms with Crippen LogP contribution in [0.2, 0.25) is 18.6 Å². The Hall–Kier alpha value is -4.02. The van der Waals surface area contributed by atoms with Crippen molar-refractivity contribution in [1.29, 1.82) is 0 Å². The average molecular weight is 664 g/mol. The van der Waals surface area contributed by atoms with Crippen LogP contribution in [-0.4, -0.2) is 75.2 Å². The van der Waals surface area contributed by atoms with Crippen LogP contribution in [0.3, 0.4) is 0 Å². The van der Waals surface area contributed by atoms with Crippen LogP contribution in [0.1, 0.15) is 43.0 Å². The fourth-order valence-electron chi connectivity index (χ4n) is 7.61. The Labute approximate surface area is 273 Å². The summed E-state index contributed by atoms with van der Waals surface area (Å²) in [7, 11) is -2.96. The molecule has 0 aliphatic carbocycles. The second-order valence-electron chi connectivity index (χ2n) is 13.3. The molecule has 6 rings (SSSR count). The number of benzene rings is 2. The molecule has 2 aromatic carbocycles. The van der Waals surface area contributed by atoms with Crippen LogP contribution in [0.4, 0.5) is 17.1 Å². The van der Waals surface area contributed by atoms with Gasteiger partial charge in [-0.05, 0) is 62.7 Å². The van der Waals surface area contributed by atoms with E-state index in [2.05, 4.69) is 20.9 Å². The summed E-state index contributed by atoms with van der Waals surface area (Å²) in [5.41, 5.74) is 0.877. The van der Waals surface area contributed by atoms with E-state index in [0.717, 1.165) is 24.9 Å². The Morgan fingerprint density at radius 1 is 1.28 bits per heavy atom. The van der Waals surface area contributed by atoms with Crippen molar-refractivity contribution in [2.75, 3.05) is 23.4 Å². The molecular weight excluding hydrogens is 622 g/mol. The van der Waals surface area contributed by atoms with Gasteiger partial charge in [0.05, 0.1) is 35.0 Å². The van der Waals surface area contributed by atoms with E-state index in [0.29, 0.717) is 42.0 Å². The van der Waals surface area contributed by atoms with Crippen LogP contribution in [0, 0.1) is 16.0 Å². The minimum atomic E-state index is -2.96. The molecule has 5 atom stereocenters. The maximum atomic E-state index is 14.7. The molecule has 1 aromatic heterocycles. The summed E-state index contributed by atoms with van der Waals surface area (Å²) in [5, 5.41) is 35.6. The SMILES string of the molecule is C[C@@H]1[C@@H]([Si](C)(C)O)[C@H](CCn2cc(CCO)nn2)O[C@@]12C(=O)N(Cc1cccc(NC(=O)[C@H]3CCCN3)c1)c1ccc([N+](=O)[O-])cc12. The molecule has 3 aromatic rings. The highest BCUT2D eigenvalue weighted by molar-refractivity contribution is 6.71. The summed E-state index contributed by atoms with van der Waals surface area (Å²) in [6.45, 7) is 6.85. The molecule has 0 radical (unpaired) electrons. The summed E-state index contributed by atoms with van der Waals surface area (Å²) >= 11 is 0. The number of nitro groups is 1. The summed E-state index contributed by atoms with van der Waals surface area (Å²) in [4.78, 5) is 52.1. The molecule has 47 heavy (non-hydrogen) atoms. The minimum Gasteiger partial charge on any atom is -0.432 e. The number of aromatic nitrogens is 3. The molecule has 3 aliphatic heterocycles. The zero-order valence-corrected chi connectivity index (χ0v) is 27.8. The van der Waals surface area contributed by atoms with Gasteiger partial charge in [-0.1, -0.05) is 24.3 Å². The van der Waals surface area contributed by atoms with Gasteiger partial charge < -0.3 is 30.2 Å². The molecule has 0 bridgehead atoms. The van der Waals surface area contributed by atoms with Crippen molar-refractivity contribution >= 4 is 37.2 Å². The van der Waals surface area contributed by atoms with E-state index < -0.39 is 30.9 Å². The molecular formula is C32H41N7O7Si. The smallest absolute Gasteiger partial charge is 0.269 e. The van der Waals surface area contributed by atoms with Gasteiger partial charge in [0, 0.05) is 60.6 Å². The summed E-state index contributed by atoms with van der Waals surface area (Å²) in [6.07, 6.45) is 3.73. The fourth-order valence-corrected chi connectivity index (χ4v) is 10.2. The molecule has 1 spiro atoms. The lowest BCUT2D eigenvalue weighted by atomic mass is 9.82. The molecule has 4 heterocycles. The molecule has 3 aliphatic rings. The van der Waals surface area contributed by atoms with Crippen LogP contribution in [0.5, 0.6) is 0 Å². The van der Waals surface area contributed by atoms with Crippen LogP contribution in [0.15, 0.2) is 48.7 Å². The number of amides is 2. The lowest BCUT2D eigenvalue weighted by molar-refractivity contribution is -0.385. The zero-order valence-electron chi connectivity index (χ0n) is 26.8. The largest absolute Gasteiger partial charge is 0.432 e. The van der Waals surface area contributed by atoms with Crippen molar-refractivity contribution in [3.8, 4) is 0 Å². The van der Waals surface area contributed by atoms with Crippen LogP contribution in [0.25, 0.3) is 0 Å². The van der Waals surface area contributed by atoms with Gasteiger partial charge in [0.15, 0.2) is 13.9 Å². The Kier molecular flexibility index (Phi) is 9.02. The number of aliphatic hydroxyl groups is 1. The molecule has 2 fully saturated rings. The number of nitrogens with one attached hydrogen (secondary N) is 2. The Balaban J connectivity index is 1.32. The number of rotatable bonds is 11. The number of fused-ring (bicyclic) bond motifs is 2. The molecule has 2 saturated heterocycles. The van der Waals surface area contributed by atoms with Crippen molar-refractivity contribution < 1.29 is 29.2 Å². The van der Waals surface area contributed by atoms with Crippen molar-refractivity contribution in [1.82, 2.24) is 20.3 Å². The predicted molar refractivity (Wildman–Crippen MR) is 175 cm³/mol. The normalized spacial score (nSPS) is 25.5. The first-order valence-corrected chi connectivity index (χ1v) is 19.1. The summed E-state index contributed by atoms with van der Waals surface area (Å²) < 4.78 is 8.46. The van der Waals surface area contributed by atoms with Crippen molar-refractivity contribution in [2.24, 2.45) is 5.92 Å². The van der Waals surface area contributed by atoms with Crippen LogP contribution >= 0.6 is 0 Å². The molecule has 4 N–H and O–H groups in total. The van der Waals surface area contributed by atoms with E-state index in [1.54, 1.807) is 27.9 Å². The van der Waals surface area contributed by atoms with Crippen LogP contribution in [-0.2, 0) is 39.4 Å². The van der Waals surface area contributed by atoms with E-state index >= 15 is 0 Å². The topological polar surface area (TPSA) is 185 Å². The summed E-state index contributed by atoms with van der Waals surface area (Å²) in [6, 6.07) is 11.5. The summed E-state index contributed by atoms with van der Waals surface area (Å²) in [5.74, 6) is -0.949. The van der Waals surface area contributed by atoms with Gasteiger partial charge >= 0.3 is 0 Å². The van der Waals surface area contributed by atoms with E-state index in [9.17, 15) is 29.6 Å². The Morgan fingerprint density at radius 2 is 2.09 bits per heavy atom. The molecule has 250 valence electrons. The number of non-ortho nitro benzene ring substituents is 1. The Morgan fingerprint density at radius 3 is 2.79 bits per heavy atom. The van der Waals surface area contributed by atoms with Crippen molar-refractivity contribution in [3.63, 3.8) is 0 Å². The van der Waals surface area contributed by atoms with E-state index in [1.165, 1.54) is 12.1 Å². The molecule has 0 saturated carbocycles. The lowest BCUT2D eigenvalue weighted by Gasteiger charge is -2.32. The van der Waals surface area contributed by atoms with Gasteiger partial charge in [0.2, 0.25) is 5.91 Å². The third kappa shape index (κ3) is 6.21. The van der Waals surface area contributed by atoms with Gasteiger partial charge in [0.1, 0.15) is 0 Å². The predicted octanol–water partition coefficient (Wildman–Crippen LogP) is 2.85. The molecule has 14 nitrogen and oxygen atoms in total. The van der Waals surface area contributed by atoms with E-state index in [4.69, 9.17) is 4.74 Å². The standard InChI is InChI=1S/C32H41N7O7Si/c1-20-29(47(2,3)45)28(11-14-37-19-23(12-15-40)35-36-37)46-32(20)25-17-24(39(43)44)9-10-27(25)38(31(32)42)18-21-6-4-7-22(16-21)34-30(41)26-8-5-13-33-26/h4,6-7,9-10,16-17,19-20,26,28-29,33,40,45H,5,8,11-15,18H2,1-3H3,(H,34,41)/t20-,26-,28+,29-,32+/m1/s1. The number of hydrogen-bond donors (Lipinski definition) is 4. The average Bonchev–Trinajstić information content (AvgIpc) is 3.81.